The van der Waals surface area contributed by atoms with E-state index in [2.05, 4.69) is 15.5 Å². The monoisotopic (exact) mass is 303 g/mol. The fourth-order valence-electron chi connectivity index (χ4n) is 1.27. The molecule has 0 saturated carbocycles. The third-order valence-electron chi connectivity index (χ3n) is 2.14. The Morgan fingerprint density at radius 3 is 2.70 bits per heavy atom. The Labute approximate surface area is 115 Å². The fraction of sp³-hybridized carbons (Fsp3) is 0.182. The SMILES string of the molecule is Cc1nnc(SCC(=O)Nc2ccc(F)c(F)c2F)o1. The zero-order valence-electron chi connectivity index (χ0n) is 10.1. The molecule has 1 heterocycles. The number of amides is 1. The molecule has 1 amide bonds. The molecular weight excluding hydrogens is 295 g/mol. The number of rotatable bonds is 4. The Balaban J connectivity index is 1.96. The van der Waals surface area contributed by atoms with Crippen molar-refractivity contribution in [2.45, 2.75) is 12.1 Å². The molecule has 106 valence electrons. The summed E-state index contributed by atoms with van der Waals surface area (Å²) in [5, 5.41) is 9.52. The molecule has 0 aliphatic rings. The number of benzene rings is 1. The molecule has 2 rings (SSSR count). The second-order valence-corrected chi connectivity index (χ2v) is 4.57. The summed E-state index contributed by atoms with van der Waals surface area (Å²) in [6.07, 6.45) is 0. The standard InChI is InChI=1S/C11H8F3N3O2S/c1-5-16-17-11(19-5)20-4-8(18)15-7-3-2-6(12)9(13)10(7)14/h2-3H,4H2,1H3,(H,15,18). The van der Waals surface area contributed by atoms with Gasteiger partial charge in [0.1, 0.15) is 0 Å². The number of hydrogen-bond donors (Lipinski definition) is 1. The smallest absolute Gasteiger partial charge is 0.277 e. The number of carbonyl (C=O) groups is 1. The first kappa shape index (κ1) is 14.4. The number of hydrogen-bond acceptors (Lipinski definition) is 5. The molecule has 0 radical (unpaired) electrons. The van der Waals surface area contributed by atoms with Crippen LogP contribution in [0.4, 0.5) is 18.9 Å². The van der Waals surface area contributed by atoms with Crippen LogP contribution in [0.25, 0.3) is 0 Å². The Morgan fingerprint density at radius 2 is 2.05 bits per heavy atom. The lowest BCUT2D eigenvalue weighted by Crippen LogP contribution is -2.15. The zero-order valence-corrected chi connectivity index (χ0v) is 10.9. The molecule has 0 aliphatic heterocycles. The predicted octanol–water partition coefficient (Wildman–Crippen LogP) is 2.53. The van der Waals surface area contributed by atoms with E-state index in [-0.39, 0.29) is 11.0 Å². The molecule has 0 spiro atoms. The van der Waals surface area contributed by atoms with Crippen LogP contribution in [0, 0.1) is 24.4 Å². The topological polar surface area (TPSA) is 68.0 Å². The second kappa shape index (κ2) is 5.95. The lowest BCUT2D eigenvalue weighted by Gasteiger charge is -2.06. The molecule has 2 aromatic rings. The van der Waals surface area contributed by atoms with E-state index in [0.717, 1.165) is 23.9 Å². The summed E-state index contributed by atoms with van der Waals surface area (Å²) >= 11 is 0.939. The van der Waals surface area contributed by atoms with E-state index in [4.69, 9.17) is 4.42 Å². The maximum atomic E-state index is 13.3. The van der Waals surface area contributed by atoms with Gasteiger partial charge >= 0.3 is 0 Å². The van der Waals surface area contributed by atoms with Gasteiger partial charge < -0.3 is 9.73 Å². The Kier molecular flexibility index (Phi) is 4.28. The van der Waals surface area contributed by atoms with Crippen molar-refractivity contribution in [1.29, 1.82) is 0 Å². The van der Waals surface area contributed by atoms with Gasteiger partial charge in [-0.25, -0.2) is 13.2 Å². The minimum absolute atomic E-state index is 0.139. The summed E-state index contributed by atoms with van der Waals surface area (Å²) in [6, 6.07) is 1.66. The molecule has 0 bridgehead atoms. The van der Waals surface area contributed by atoms with E-state index in [1.165, 1.54) is 0 Å². The van der Waals surface area contributed by atoms with Gasteiger partial charge in [-0.05, 0) is 12.1 Å². The summed E-state index contributed by atoms with van der Waals surface area (Å²) < 4.78 is 44.0. The number of thioether (sulfide) groups is 1. The van der Waals surface area contributed by atoms with Crippen molar-refractivity contribution in [3.05, 3.63) is 35.5 Å². The molecule has 20 heavy (non-hydrogen) atoms. The average molecular weight is 303 g/mol. The summed E-state index contributed by atoms with van der Waals surface area (Å²) in [5.74, 6) is -4.81. The van der Waals surface area contributed by atoms with E-state index in [1.54, 1.807) is 6.92 Å². The van der Waals surface area contributed by atoms with E-state index in [9.17, 15) is 18.0 Å². The minimum atomic E-state index is -1.64. The van der Waals surface area contributed by atoms with E-state index >= 15 is 0 Å². The van der Waals surface area contributed by atoms with Crippen molar-refractivity contribution >= 4 is 23.4 Å². The molecular formula is C11H8F3N3O2S. The first-order valence-electron chi connectivity index (χ1n) is 5.33. The van der Waals surface area contributed by atoms with Gasteiger partial charge in [-0.3, -0.25) is 4.79 Å². The number of nitrogens with one attached hydrogen (secondary N) is 1. The molecule has 0 aliphatic carbocycles. The van der Waals surface area contributed by atoms with Crippen molar-refractivity contribution in [2.75, 3.05) is 11.1 Å². The van der Waals surface area contributed by atoms with Crippen LogP contribution in [0.1, 0.15) is 5.89 Å². The van der Waals surface area contributed by atoms with Crippen LogP contribution in [-0.4, -0.2) is 21.9 Å². The predicted molar refractivity (Wildman–Crippen MR) is 64.7 cm³/mol. The molecule has 1 aromatic carbocycles. The largest absolute Gasteiger partial charge is 0.416 e. The molecule has 9 heteroatoms. The van der Waals surface area contributed by atoms with Gasteiger partial charge in [0.05, 0.1) is 11.4 Å². The molecule has 0 atom stereocenters. The van der Waals surface area contributed by atoms with Crippen molar-refractivity contribution in [2.24, 2.45) is 0 Å². The van der Waals surface area contributed by atoms with Crippen LogP contribution in [0.5, 0.6) is 0 Å². The first-order chi connectivity index (χ1) is 9.47. The number of aromatic nitrogens is 2. The Hall–Kier alpha value is -2.03. The number of anilines is 1. The van der Waals surface area contributed by atoms with Gasteiger partial charge in [0.2, 0.25) is 11.8 Å². The van der Waals surface area contributed by atoms with Gasteiger partial charge in [-0.1, -0.05) is 11.8 Å². The summed E-state index contributed by atoms with van der Waals surface area (Å²) in [5.41, 5.74) is -0.434. The lowest BCUT2D eigenvalue weighted by molar-refractivity contribution is -0.113. The maximum absolute atomic E-state index is 13.3. The minimum Gasteiger partial charge on any atom is -0.416 e. The van der Waals surface area contributed by atoms with Crippen LogP contribution in [-0.2, 0) is 4.79 Å². The normalized spacial score (nSPS) is 10.6. The van der Waals surface area contributed by atoms with Crippen LogP contribution in [0.15, 0.2) is 21.8 Å². The highest BCUT2D eigenvalue weighted by Crippen LogP contribution is 2.21. The number of halogens is 3. The quantitative estimate of drug-likeness (QED) is 0.694. The Morgan fingerprint density at radius 1 is 1.30 bits per heavy atom. The summed E-state index contributed by atoms with van der Waals surface area (Å²) in [7, 11) is 0. The van der Waals surface area contributed by atoms with Gasteiger partial charge in [0.15, 0.2) is 17.5 Å². The second-order valence-electron chi connectivity index (χ2n) is 3.65. The van der Waals surface area contributed by atoms with Gasteiger partial charge in [-0.15, -0.1) is 10.2 Å². The molecule has 0 unspecified atom stereocenters. The maximum Gasteiger partial charge on any atom is 0.277 e. The van der Waals surface area contributed by atoms with Crippen molar-refractivity contribution in [3.8, 4) is 0 Å². The summed E-state index contributed by atoms with van der Waals surface area (Å²) in [4.78, 5) is 11.5. The van der Waals surface area contributed by atoms with E-state index in [1.807, 2.05) is 0 Å². The van der Waals surface area contributed by atoms with E-state index < -0.39 is 29.0 Å². The van der Waals surface area contributed by atoms with Crippen molar-refractivity contribution < 1.29 is 22.4 Å². The number of nitrogens with zero attached hydrogens (tertiary/aromatic N) is 2. The van der Waals surface area contributed by atoms with Crippen LogP contribution in [0.3, 0.4) is 0 Å². The van der Waals surface area contributed by atoms with Crippen LogP contribution in [0.2, 0.25) is 0 Å². The third-order valence-corrected chi connectivity index (χ3v) is 2.96. The van der Waals surface area contributed by atoms with E-state index in [0.29, 0.717) is 5.89 Å². The first-order valence-corrected chi connectivity index (χ1v) is 6.32. The van der Waals surface area contributed by atoms with Crippen molar-refractivity contribution in [3.63, 3.8) is 0 Å². The molecule has 0 saturated heterocycles. The van der Waals surface area contributed by atoms with Crippen molar-refractivity contribution in [1.82, 2.24) is 10.2 Å². The van der Waals surface area contributed by atoms with Gasteiger partial charge in [-0.2, -0.15) is 0 Å². The summed E-state index contributed by atoms with van der Waals surface area (Å²) in [6.45, 7) is 1.59. The van der Waals surface area contributed by atoms with Gasteiger partial charge in [0.25, 0.3) is 5.22 Å². The third kappa shape index (κ3) is 3.29. The Bertz CT molecular complexity index is 648. The van der Waals surface area contributed by atoms with Gasteiger partial charge in [0, 0.05) is 6.92 Å². The highest BCUT2D eigenvalue weighted by molar-refractivity contribution is 7.99. The molecule has 5 nitrogen and oxygen atoms in total. The molecule has 1 aromatic heterocycles. The number of carbonyl (C=O) groups excluding carboxylic acids is 1. The zero-order chi connectivity index (χ0) is 14.7. The average Bonchev–Trinajstić information content (AvgIpc) is 2.83. The van der Waals surface area contributed by atoms with Crippen LogP contribution < -0.4 is 5.32 Å². The molecule has 1 N–H and O–H groups in total. The highest BCUT2D eigenvalue weighted by atomic mass is 32.2. The lowest BCUT2D eigenvalue weighted by atomic mass is 10.3. The molecule has 0 fully saturated rings. The van der Waals surface area contributed by atoms with Crippen LogP contribution >= 0.6 is 11.8 Å². The fourth-order valence-corrected chi connectivity index (χ4v) is 1.88. The number of aryl methyl sites for hydroxylation is 1. The highest BCUT2D eigenvalue weighted by Gasteiger charge is 2.15.